The molecule has 0 fully saturated rings. The Labute approximate surface area is 168 Å². The molecule has 0 aliphatic rings. The fraction of sp³-hybridized carbons (Fsp3) is 0.174. The van der Waals surface area contributed by atoms with E-state index >= 15 is 0 Å². The molecule has 0 atom stereocenters. The Kier molecular flexibility index (Phi) is 5.14. The Morgan fingerprint density at radius 1 is 1.00 bits per heavy atom. The summed E-state index contributed by atoms with van der Waals surface area (Å²) < 4.78 is 2.10. The van der Waals surface area contributed by atoms with Gasteiger partial charge in [0, 0.05) is 6.42 Å². The summed E-state index contributed by atoms with van der Waals surface area (Å²) in [5, 5.41) is 21.1. The zero-order valence-corrected chi connectivity index (χ0v) is 16.7. The highest BCUT2D eigenvalue weighted by Crippen LogP contribution is 2.27. The van der Waals surface area contributed by atoms with E-state index in [-0.39, 0.29) is 0 Å². The van der Waals surface area contributed by atoms with Crippen LogP contribution in [0.2, 0.25) is 0 Å². The van der Waals surface area contributed by atoms with E-state index in [0.717, 1.165) is 22.2 Å². The number of nitriles is 1. The van der Waals surface area contributed by atoms with Crippen molar-refractivity contribution in [3.8, 4) is 11.8 Å². The van der Waals surface area contributed by atoms with Gasteiger partial charge in [-0.3, -0.25) is 4.57 Å². The van der Waals surface area contributed by atoms with Gasteiger partial charge in [-0.25, -0.2) is 0 Å². The molecule has 4 nitrogen and oxygen atoms in total. The van der Waals surface area contributed by atoms with Gasteiger partial charge >= 0.3 is 0 Å². The average Bonchev–Trinajstić information content (AvgIpc) is 3.09. The highest BCUT2D eigenvalue weighted by atomic mass is 32.2. The summed E-state index contributed by atoms with van der Waals surface area (Å²) in [6.45, 7) is 4.19. The van der Waals surface area contributed by atoms with Crippen LogP contribution >= 0.6 is 11.8 Å². The summed E-state index contributed by atoms with van der Waals surface area (Å²) >= 11 is 1.42. The molecule has 0 radical (unpaired) electrons. The van der Waals surface area contributed by atoms with Gasteiger partial charge in [-0.1, -0.05) is 71.9 Å². The van der Waals surface area contributed by atoms with Crippen molar-refractivity contribution in [3.05, 3.63) is 83.2 Å². The van der Waals surface area contributed by atoms with Crippen LogP contribution in [0.4, 0.5) is 0 Å². The molecular formula is C23H20N4S. The van der Waals surface area contributed by atoms with Crippen LogP contribution in [-0.2, 0) is 6.42 Å². The van der Waals surface area contributed by atoms with E-state index in [2.05, 4.69) is 95.3 Å². The number of aromatic nitrogens is 3. The predicted octanol–water partition coefficient (Wildman–Crippen LogP) is 5.24. The Balaban J connectivity index is 1.83. The van der Waals surface area contributed by atoms with Crippen LogP contribution in [0.25, 0.3) is 16.5 Å². The maximum absolute atomic E-state index is 9.01. The van der Waals surface area contributed by atoms with E-state index in [4.69, 9.17) is 5.26 Å². The number of benzene rings is 3. The second-order valence-corrected chi connectivity index (χ2v) is 7.73. The third kappa shape index (κ3) is 3.51. The van der Waals surface area contributed by atoms with Crippen molar-refractivity contribution in [2.24, 2.45) is 0 Å². The standard InChI is InChI=1S/C23H20N4S/c1-16-10-11-21(17(2)14-16)27-22(25-26-23(27)28-13-12-24)15-19-8-5-7-18-6-3-4-9-20(18)19/h3-11,14H,13,15H2,1-2H3. The molecule has 0 bridgehead atoms. The SMILES string of the molecule is Cc1ccc(-n2c(Cc3cccc4ccccc34)nnc2SCC#N)c(C)c1. The minimum Gasteiger partial charge on any atom is -0.273 e. The molecule has 5 heteroatoms. The van der Waals surface area contributed by atoms with Crippen LogP contribution in [0.5, 0.6) is 0 Å². The summed E-state index contributed by atoms with van der Waals surface area (Å²) in [6, 6.07) is 23.3. The number of nitrogens with zero attached hydrogens (tertiary/aromatic N) is 4. The average molecular weight is 385 g/mol. The van der Waals surface area contributed by atoms with E-state index in [9.17, 15) is 0 Å². The number of aryl methyl sites for hydroxylation is 2. The molecule has 28 heavy (non-hydrogen) atoms. The van der Waals surface area contributed by atoms with E-state index in [1.165, 1.54) is 33.7 Å². The molecule has 0 saturated carbocycles. The van der Waals surface area contributed by atoms with Gasteiger partial charge in [0.25, 0.3) is 0 Å². The number of hydrogen-bond donors (Lipinski definition) is 0. The molecule has 0 amide bonds. The first-order chi connectivity index (χ1) is 13.7. The predicted molar refractivity (Wildman–Crippen MR) is 114 cm³/mol. The van der Waals surface area contributed by atoms with Gasteiger partial charge in [0.15, 0.2) is 5.16 Å². The third-order valence-electron chi connectivity index (χ3n) is 4.79. The summed E-state index contributed by atoms with van der Waals surface area (Å²) in [5.41, 5.74) is 4.66. The normalized spacial score (nSPS) is 10.9. The van der Waals surface area contributed by atoms with Gasteiger partial charge in [-0.2, -0.15) is 5.26 Å². The van der Waals surface area contributed by atoms with Crippen LogP contribution in [0.3, 0.4) is 0 Å². The Morgan fingerprint density at radius 3 is 2.64 bits per heavy atom. The lowest BCUT2D eigenvalue weighted by Crippen LogP contribution is -2.06. The van der Waals surface area contributed by atoms with E-state index in [0.29, 0.717) is 12.2 Å². The van der Waals surface area contributed by atoms with Gasteiger partial charge < -0.3 is 0 Å². The minimum atomic E-state index is 0.345. The summed E-state index contributed by atoms with van der Waals surface area (Å²) in [5.74, 6) is 1.22. The largest absolute Gasteiger partial charge is 0.273 e. The van der Waals surface area contributed by atoms with E-state index in [1.807, 2.05) is 0 Å². The maximum atomic E-state index is 9.01. The van der Waals surface area contributed by atoms with Crippen molar-refractivity contribution >= 4 is 22.5 Å². The number of thioether (sulfide) groups is 1. The zero-order valence-electron chi connectivity index (χ0n) is 15.9. The molecule has 4 rings (SSSR count). The van der Waals surface area contributed by atoms with E-state index < -0.39 is 0 Å². The lowest BCUT2D eigenvalue weighted by molar-refractivity contribution is 0.843. The van der Waals surface area contributed by atoms with E-state index in [1.54, 1.807) is 0 Å². The molecule has 0 aliphatic heterocycles. The van der Waals surface area contributed by atoms with Crippen LogP contribution < -0.4 is 0 Å². The molecule has 138 valence electrons. The fourth-order valence-corrected chi connectivity index (χ4v) is 4.15. The first-order valence-electron chi connectivity index (χ1n) is 9.15. The minimum absolute atomic E-state index is 0.345. The van der Waals surface area contributed by atoms with Crippen molar-refractivity contribution < 1.29 is 0 Å². The maximum Gasteiger partial charge on any atom is 0.196 e. The molecule has 3 aromatic carbocycles. The Morgan fingerprint density at radius 2 is 1.82 bits per heavy atom. The van der Waals surface area contributed by atoms with Gasteiger partial charge in [0.1, 0.15) is 5.82 Å². The molecule has 1 heterocycles. The van der Waals surface area contributed by atoms with Crippen molar-refractivity contribution in [1.29, 1.82) is 5.26 Å². The molecule has 0 aliphatic carbocycles. The first kappa shape index (κ1) is 18.3. The highest BCUT2D eigenvalue weighted by molar-refractivity contribution is 7.99. The second kappa shape index (κ2) is 7.87. The highest BCUT2D eigenvalue weighted by Gasteiger charge is 2.17. The number of rotatable bonds is 5. The van der Waals surface area contributed by atoms with Gasteiger partial charge in [0.2, 0.25) is 0 Å². The summed E-state index contributed by atoms with van der Waals surface area (Å²) in [6.07, 6.45) is 0.675. The first-order valence-corrected chi connectivity index (χ1v) is 10.1. The number of fused-ring (bicyclic) bond motifs is 1. The van der Waals surface area contributed by atoms with Crippen molar-refractivity contribution in [2.45, 2.75) is 25.4 Å². The van der Waals surface area contributed by atoms with Crippen molar-refractivity contribution in [2.75, 3.05) is 5.75 Å². The van der Waals surface area contributed by atoms with Crippen molar-refractivity contribution in [1.82, 2.24) is 14.8 Å². The topological polar surface area (TPSA) is 54.5 Å². The van der Waals surface area contributed by atoms with Crippen LogP contribution in [-0.4, -0.2) is 20.5 Å². The van der Waals surface area contributed by atoms with Gasteiger partial charge in [-0.05, 0) is 41.8 Å². The molecule has 0 unspecified atom stereocenters. The van der Waals surface area contributed by atoms with Crippen LogP contribution in [0.1, 0.15) is 22.5 Å². The molecule has 1 aromatic heterocycles. The van der Waals surface area contributed by atoms with Crippen molar-refractivity contribution in [3.63, 3.8) is 0 Å². The zero-order chi connectivity index (χ0) is 19.5. The lowest BCUT2D eigenvalue weighted by atomic mass is 10.0. The molecule has 0 saturated heterocycles. The molecular weight excluding hydrogens is 364 g/mol. The summed E-state index contributed by atoms with van der Waals surface area (Å²) in [7, 11) is 0. The monoisotopic (exact) mass is 384 g/mol. The fourth-order valence-electron chi connectivity index (χ4n) is 3.52. The quantitative estimate of drug-likeness (QED) is 0.441. The third-order valence-corrected chi connectivity index (χ3v) is 5.58. The Bertz CT molecular complexity index is 1180. The van der Waals surface area contributed by atoms with Gasteiger partial charge in [-0.15, -0.1) is 10.2 Å². The molecule has 4 aromatic rings. The van der Waals surface area contributed by atoms with Crippen LogP contribution in [0, 0.1) is 25.2 Å². The molecule has 0 spiro atoms. The number of hydrogen-bond acceptors (Lipinski definition) is 4. The summed E-state index contributed by atoms with van der Waals surface area (Å²) in [4.78, 5) is 0. The lowest BCUT2D eigenvalue weighted by Gasteiger charge is -2.14. The smallest absolute Gasteiger partial charge is 0.196 e. The van der Waals surface area contributed by atoms with Crippen LogP contribution in [0.15, 0.2) is 65.8 Å². The Hall–Kier alpha value is -3.10. The molecule has 0 N–H and O–H groups in total. The second-order valence-electron chi connectivity index (χ2n) is 6.79. The van der Waals surface area contributed by atoms with Gasteiger partial charge in [0.05, 0.1) is 17.5 Å².